The molecule has 4 nitrogen and oxygen atoms in total. The van der Waals surface area contributed by atoms with Gasteiger partial charge in [-0.1, -0.05) is 11.6 Å². The fraction of sp³-hybridized carbons (Fsp3) is 0.500. The fourth-order valence-electron chi connectivity index (χ4n) is 2.33. The molecule has 0 spiro atoms. The largest absolute Gasteiger partial charge is 0.487 e. The summed E-state index contributed by atoms with van der Waals surface area (Å²) in [5.41, 5.74) is 0.519. The van der Waals surface area contributed by atoms with Gasteiger partial charge in [-0.25, -0.2) is 0 Å². The lowest BCUT2D eigenvalue weighted by molar-refractivity contribution is -1.00. The van der Waals surface area contributed by atoms with E-state index in [2.05, 4.69) is 7.05 Å². The summed E-state index contributed by atoms with van der Waals surface area (Å²) in [6.45, 7) is 6.43. The molecule has 1 aliphatic heterocycles. The Balaban J connectivity index is 1.81. The number of hydrogen-bond donors (Lipinski definition) is 2. The summed E-state index contributed by atoms with van der Waals surface area (Å²) in [7, 11) is 2.23. The minimum absolute atomic E-state index is 0.519. The van der Waals surface area contributed by atoms with Crippen LogP contribution in [0, 0.1) is 0 Å². The van der Waals surface area contributed by atoms with Crippen molar-refractivity contribution >= 4 is 17.9 Å². The van der Waals surface area contributed by atoms with Gasteiger partial charge in [0.25, 0.3) is 0 Å². The molecule has 1 heterocycles. The number of halogens is 1. The molecule has 0 radical (unpaired) electrons. The first kappa shape index (κ1) is 14.3. The maximum absolute atomic E-state index is 10.9. The highest BCUT2D eigenvalue weighted by Crippen LogP contribution is 2.20. The summed E-state index contributed by atoms with van der Waals surface area (Å²) in [6, 6.07) is 5.14. The molecule has 1 aromatic carbocycles. The van der Waals surface area contributed by atoms with E-state index in [-0.39, 0.29) is 0 Å². The normalized spacial score (nSPS) is 23.1. The van der Waals surface area contributed by atoms with E-state index in [1.165, 1.54) is 26.2 Å². The van der Waals surface area contributed by atoms with Gasteiger partial charge in [0.1, 0.15) is 45.1 Å². The fourth-order valence-corrected chi connectivity index (χ4v) is 2.51. The molecule has 1 fully saturated rings. The molecule has 0 aliphatic carbocycles. The molecule has 0 saturated carbocycles. The molecule has 5 heteroatoms. The van der Waals surface area contributed by atoms with Crippen molar-refractivity contribution in [2.75, 3.05) is 46.4 Å². The summed E-state index contributed by atoms with van der Waals surface area (Å²) in [5, 5.41) is 0.558. The Labute approximate surface area is 118 Å². The van der Waals surface area contributed by atoms with Crippen molar-refractivity contribution in [2.45, 2.75) is 0 Å². The van der Waals surface area contributed by atoms with Crippen LogP contribution in [0.25, 0.3) is 0 Å². The predicted octanol–water partition coefficient (Wildman–Crippen LogP) is -1.06. The molecule has 0 amide bonds. The molecule has 19 heavy (non-hydrogen) atoms. The average molecular weight is 285 g/mol. The van der Waals surface area contributed by atoms with Crippen LogP contribution in [0.3, 0.4) is 0 Å². The lowest BCUT2D eigenvalue weighted by Crippen LogP contribution is -3.27. The third-order valence-electron chi connectivity index (χ3n) is 3.62. The van der Waals surface area contributed by atoms with Gasteiger partial charge in [-0.05, 0) is 18.2 Å². The van der Waals surface area contributed by atoms with Crippen molar-refractivity contribution < 1.29 is 19.3 Å². The summed E-state index contributed by atoms with van der Waals surface area (Å²) >= 11 is 5.84. The zero-order valence-corrected chi connectivity index (χ0v) is 12.0. The number of piperazine rings is 1. The van der Waals surface area contributed by atoms with Crippen LogP contribution in [-0.4, -0.2) is 52.7 Å². The first-order valence-electron chi connectivity index (χ1n) is 6.71. The van der Waals surface area contributed by atoms with Gasteiger partial charge in [0.05, 0.1) is 12.6 Å². The number of hydrogen-bond acceptors (Lipinski definition) is 2. The summed E-state index contributed by atoms with van der Waals surface area (Å²) in [4.78, 5) is 14.1. The minimum Gasteiger partial charge on any atom is -0.487 e. The van der Waals surface area contributed by atoms with Gasteiger partial charge in [-0.3, -0.25) is 4.79 Å². The highest BCUT2D eigenvalue weighted by Gasteiger charge is 2.19. The predicted molar refractivity (Wildman–Crippen MR) is 74.5 cm³/mol. The van der Waals surface area contributed by atoms with Gasteiger partial charge in [0, 0.05) is 5.02 Å². The van der Waals surface area contributed by atoms with Crippen molar-refractivity contribution in [3.8, 4) is 5.75 Å². The highest BCUT2D eigenvalue weighted by atomic mass is 35.5. The second kappa shape index (κ2) is 6.89. The van der Waals surface area contributed by atoms with Crippen LogP contribution in [0.4, 0.5) is 0 Å². The van der Waals surface area contributed by atoms with E-state index in [1.807, 2.05) is 0 Å². The van der Waals surface area contributed by atoms with E-state index in [1.54, 1.807) is 28.0 Å². The quantitative estimate of drug-likeness (QED) is 0.677. The third kappa shape index (κ3) is 4.20. The lowest BCUT2D eigenvalue weighted by atomic mass is 10.2. The Hall–Kier alpha value is -1.10. The molecule has 104 valence electrons. The Morgan fingerprint density at radius 1 is 1.32 bits per heavy atom. The molecule has 1 aliphatic rings. The van der Waals surface area contributed by atoms with Crippen molar-refractivity contribution in [3.05, 3.63) is 28.8 Å². The van der Waals surface area contributed by atoms with E-state index < -0.39 is 0 Å². The Morgan fingerprint density at radius 2 is 2.05 bits per heavy atom. The Kier molecular flexibility index (Phi) is 5.19. The zero-order valence-electron chi connectivity index (χ0n) is 11.2. The van der Waals surface area contributed by atoms with Gasteiger partial charge in [0.2, 0.25) is 0 Å². The maximum atomic E-state index is 10.9. The maximum Gasteiger partial charge on any atom is 0.153 e. The number of quaternary nitrogens is 2. The van der Waals surface area contributed by atoms with Gasteiger partial charge >= 0.3 is 0 Å². The lowest BCUT2D eigenvalue weighted by Gasteiger charge is -2.27. The molecule has 0 aromatic heterocycles. The molecule has 0 unspecified atom stereocenters. The molecule has 0 bridgehead atoms. The number of carbonyl (C=O) groups excluding carboxylic acids is 1. The number of likely N-dealkylation sites (N-methyl/N-ethyl adjacent to an activating group) is 1. The van der Waals surface area contributed by atoms with Crippen LogP contribution < -0.4 is 14.5 Å². The van der Waals surface area contributed by atoms with Gasteiger partial charge < -0.3 is 14.5 Å². The van der Waals surface area contributed by atoms with Crippen molar-refractivity contribution in [3.63, 3.8) is 0 Å². The van der Waals surface area contributed by atoms with Crippen LogP contribution in [0.2, 0.25) is 5.02 Å². The topological polar surface area (TPSA) is 35.2 Å². The molecule has 1 saturated heterocycles. The van der Waals surface area contributed by atoms with Crippen LogP contribution in [0.5, 0.6) is 5.75 Å². The minimum atomic E-state index is 0.519. The molecular weight excluding hydrogens is 264 g/mol. The molecule has 2 N–H and O–H groups in total. The van der Waals surface area contributed by atoms with Gasteiger partial charge in [0.15, 0.2) is 6.29 Å². The summed E-state index contributed by atoms with van der Waals surface area (Å²) in [5.74, 6) is 0.624. The number of aldehydes is 1. The van der Waals surface area contributed by atoms with Gasteiger partial charge in [-0.2, -0.15) is 0 Å². The second-order valence-electron chi connectivity index (χ2n) is 5.11. The van der Waals surface area contributed by atoms with Crippen LogP contribution in [0.15, 0.2) is 18.2 Å². The highest BCUT2D eigenvalue weighted by molar-refractivity contribution is 6.30. The second-order valence-corrected chi connectivity index (χ2v) is 5.54. The Bertz CT molecular complexity index is 431. The van der Waals surface area contributed by atoms with Crippen LogP contribution in [0.1, 0.15) is 10.4 Å². The van der Waals surface area contributed by atoms with E-state index >= 15 is 0 Å². The standard InChI is InChI=1S/C14H19ClN2O2/c1-16-4-6-17(7-5-16)8-9-19-14-3-2-13(15)10-12(14)11-18/h2-3,10-11H,4-9H2,1H3/p+2. The third-order valence-corrected chi connectivity index (χ3v) is 3.86. The van der Waals surface area contributed by atoms with Crippen molar-refractivity contribution in [2.24, 2.45) is 0 Å². The first-order valence-corrected chi connectivity index (χ1v) is 7.09. The van der Waals surface area contributed by atoms with Crippen molar-refractivity contribution in [1.29, 1.82) is 0 Å². The zero-order chi connectivity index (χ0) is 13.7. The van der Waals surface area contributed by atoms with Crippen LogP contribution >= 0.6 is 11.6 Å². The number of ether oxygens (including phenoxy) is 1. The smallest absolute Gasteiger partial charge is 0.153 e. The van der Waals surface area contributed by atoms with E-state index in [4.69, 9.17) is 16.3 Å². The summed E-state index contributed by atoms with van der Waals surface area (Å²) in [6.07, 6.45) is 0.785. The van der Waals surface area contributed by atoms with E-state index in [0.29, 0.717) is 22.9 Å². The molecule has 2 rings (SSSR count). The van der Waals surface area contributed by atoms with E-state index in [9.17, 15) is 4.79 Å². The molecular formula is C14H21ClN2O2+2. The number of benzene rings is 1. The first-order chi connectivity index (χ1) is 9.19. The van der Waals surface area contributed by atoms with Crippen molar-refractivity contribution in [1.82, 2.24) is 0 Å². The number of nitrogens with one attached hydrogen (secondary N) is 2. The van der Waals surface area contributed by atoms with E-state index in [0.717, 1.165) is 12.8 Å². The Morgan fingerprint density at radius 3 is 2.74 bits per heavy atom. The molecule has 1 aromatic rings. The average Bonchev–Trinajstić information content (AvgIpc) is 2.42. The molecule has 0 atom stereocenters. The SMILES string of the molecule is C[NH+]1CC[NH+](CCOc2ccc(Cl)cc2C=O)CC1. The van der Waals surface area contributed by atoms with Gasteiger partial charge in [-0.15, -0.1) is 0 Å². The summed E-state index contributed by atoms with van der Waals surface area (Å²) < 4.78 is 5.70. The van der Waals surface area contributed by atoms with Crippen LogP contribution in [-0.2, 0) is 0 Å². The number of rotatable bonds is 5. The monoisotopic (exact) mass is 284 g/mol. The number of carbonyl (C=O) groups is 1.